The molecule has 1 fully saturated rings. The van der Waals surface area contributed by atoms with E-state index in [9.17, 15) is 4.79 Å². The number of carbonyl (C=O) groups excluding carboxylic acids is 1. The Bertz CT molecular complexity index is 258. The molecule has 106 valence electrons. The number of hydrogen-bond donors (Lipinski definition) is 2. The SMILES string of the molecule is CCC(C)NC(=O)C(C)OC1CCCCCC1N. The fourth-order valence-electron chi connectivity index (χ4n) is 2.26. The highest BCUT2D eigenvalue weighted by Gasteiger charge is 2.25. The summed E-state index contributed by atoms with van der Waals surface area (Å²) in [6, 6.07) is 0.276. The number of amides is 1. The maximum atomic E-state index is 11.9. The van der Waals surface area contributed by atoms with E-state index in [1.165, 1.54) is 12.8 Å². The van der Waals surface area contributed by atoms with E-state index in [0.29, 0.717) is 0 Å². The van der Waals surface area contributed by atoms with Crippen molar-refractivity contribution >= 4 is 5.91 Å². The Morgan fingerprint density at radius 3 is 2.67 bits per heavy atom. The first-order valence-corrected chi connectivity index (χ1v) is 7.26. The Labute approximate surface area is 111 Å². The molecule has 4 heteroatoms. The molecule has 0 saturated heterocycles. The zero-order valence-corrected chi connectivity index (χ0v) is 11.9. The summed E-state index contributed by atoms with van der Waals surface area (Å²) < 4.78 is 5.85. The lowest BCUT2D eigenvalue weighted by molar-refractivity contribution is -0.137. The topological polar surface area (TPSA) is 64.3 Å². The van der Waals surface area contributed by atoms with E-state index in [-0.39, 0.29) is 24.1 Å². The molecule has 1 aliphatic rings. The molecule has 0 spiro atoms. The molecule has 1 amide bonds. The molecule has 4 nitrogen and oxygen atoms in total. The fourth-order valence-corrected chi connectivity index (χ4v) is 2.26. The molecule has 0 heterocycles. The molecule has 0 radical (unpaired) electrons. The average molecular weight is 256 g/mol. The van der Waals surface area contributed by atoms with Crippen LogP contribution in [0.3, 0.4) is 0 Å². The number of ether oxygens (including phenoxy) is 1. The lowest BCUT2D eigenvalue weighted by atomic mass is 10.1. The van der Waals surface area contributed by atoms with Crippen molar-refractivity contribution in [1.29, 1.82) is 0 Å². The molecule has 1 saturated carbocycles. The maximum absolute atomic E-state index is 11.9. The standard InChI is InChI=1S/C14H28N2O2/c1-4-10(2)16-14(17)11(3)18-13-9-7-5-6-8-12(13)15/h10-13H,4-9,15H2,1-3H3,(H,16,17). The molecule has 3 N–H and O–H groups in total. The predicted octanol–water partition coefficient (Wildman–Crippen LogP) is 1.97. The zero-order chi connectivity index (χ0) is 13.5. The van der Waals surface area contributed by atoms with E-state index < -0.39 is 6.10 Å². The molecule has 1 rings (SSSR count). The lowest BCUT2D eigenvalue weighted by Gasteiger charge is -2.26. The summed E-state index contributed by atoms with van der Waals surface area (Å²) in [6.07, 6.45) is 6.08. The van der Waals surface area contributed by atoms with Crippen LogP contribution in [0.2, 0.25) is 0 Å². The summed E-state index contributed by atoms with van der Waals surface area (Å²) in [5, 5.41) is 2.94. The highest BCUT2D eigenvalue weighted by molar-refractivity contribution is 5.80. The van der Waals surface area contributed by atoms with Gasteiger partial charge in [0.25, 0.3) is 0 Å². The third-order valence-corrected chi connectivity index (χ3v) is 3.75. The van der Waals surface area contributed by atoms with Crippen LogP contribution in [-0.4, -0.2) is 30.2 Å². The fraction of sp³-hybridized carbons (Fsp3) is 0.929. The van der Waals surface area contributed by atoms with Crippen LogP contribution in [0, 0.1) is 0 Å². The lowest BCUT2D eigenvalue weighted by Crippen LogP contribution is -2.44. The van der Waals surface area contributed by atoms with Crippen LogP contribution >= 0.6 is 0 Å². The van der Waals surface area contributed by atoms with Crippen molar-refractivity contribution in [2.45, 2.75) is 83.6 Å². The summed E-state index contributed by atoms with van der Waals surface area (Å²) in [5.41, 5.74) is 6.10. The Morgan fingerprint density at radius 1 is 1.33 bits per heavy atom. The van der Waals surface area contributed by atoms with E-state index >= 15 is 0 Å². The van der Waals surface area contributed by atoms with Crippen molar-refractivity contribution in [3.63, 3.8) is 0 Å². The van der Waals surface area contributed by atoms with Gasteiger partial charge in [-0.2, -0.15) is 0 Å². The molecule has 0 aromatic heterocycles. The van der Waals surface area contributed by atoms with Crippen molar-refractivity contribution in [2.24, 2.45) is 5.73 Å². The van der Waals surface area contributed by atoms with Gasteiger partial charge in [-0.1, -0.05) is 26.2 Å². The highest BCUT2D eigenvalue weighted by Crippen LogP contribution is 2.20. The molecule has 0 aliphatic heterocycles. The average Bonchev–Trinajstić information content (AvgIpc) is 2.54. The van der Waals surface area contributed by atoms with Crippen LogP contribution in [0.4, 0.5) is 0 Å². The molecule has 4 unspecified atom stereocenters. The quantitative estimate of drug-likeness (QED) is 0.739. The highest BCUT2D eigenvalue weighted by atomic mass is 16.5. The van der Waals surface area contributed by atoms with E-state index in [0.717, 1.165) is 25.7 Å². The Balaban J connectivity index is 2.41. The number of carbonyl (C=O) groups is 1. The van der Waals surface area contributed by atoms with Gasteiger partial charge in [-0.3, -0.25) is 4.79 Å². The second-order valence-corrected chi connectivity index (χ2v) is 5.44. The van der Waals surface area contributed by atoms with Gasteiger partial charge in [0.05, 0.1) is 6.10 Å². The molecule has 0 bridgehead atoms. The van der Waals surface area contributed by atoms with Gasteiger partial charge in [-0.15, -0.1) is 0 Å². The van der Waals surface area contributed by atoms with Crippen LogP contribution in [0.1, 0.15) is 59.3 Å². The van der Waals surface area contributed by atoms with Gasteiger partial charge in [0.15, 0.2) is 0 Å². The van der Waals surface area contributed by atoms with E-state index in [1.807, 2.05) is 13.8 Å². The molecule has 0 aromatic rings. The number of rotatable bonds is 5. The second-order valence-electron chi connectivity index (χ2n) is 5.44. The largest absolute Gasteiger partial charge is 0.364 e. The van der Waals surface area contributed by atoms with Crippen molar-refractivity contribution in [2.75, 3.05) is 0 Å². The molecule has 0 aromatic carbocycles. The van der Waals surface area contributed by atoms with Crippen LogP contribution in [0.25, 0.3) is 0 Å². The minimum atomic E-state index is -0.409. The third-order valence-electron chi connectivity index (χ3n) is 3.75. The van der Waals surface area contributed by atoms with Gasteiger partial charge >= 0.3 is 0 Å². The van der Waals surface area contributed by atoms with E-state index in [4.69, 9.17) is 10.5 Å². The Morgan fingerprint density at radius 2 is 2.00 bits per heavy atom. The smallest absolute Gasteiger partial charge is 0.249 e. The Hall–Kier alpha value is -0.610. The third kappa shape index (κ3) is 4.94. The summed E-state index contributed by atoms with van der Waals surface area (Å²) in [7, 11) is 0. The maximum Gasteiger partial charge on any atom is 0.249 e. The first-order chi connectivity index (χ1) is 8.54. The normalized spacial score (nSPS) is 28.2. The monoisotopic (exact) mass is 256 g/mol. The Kier molecular flexibility index (Phi) is 6.65. The summed E-state index contributed by atoms with van der Waals surface area (Å²) >= 11 is 0. The van der Waals surface area contributed by atoms with Crippen LogP contribution in [0.5, 0.6) is 0 Å². The summed E-state index contributed by atoms with van der Waals surface area (Å²) in [4.78, 5) is 11.9. The first kappa shape index (κ1) is 15.4. The summed E-state index contributed by atoms with van der Waals surface area (Å²) in [6.45, 7) is 5.87. The van der Waals surface area contributed by atoms with Crippen molar-refractivity contribution in [3.8, 4) is 0 Å². The predicted molar refractivity (Wildman–Crippen MR) is 73.3 cm³/mol. The van der Waals surface area contributed by atoms with Crippen molar-refractivity contribution < 1.29 is 9.53 Å². The van der Waals surface area contributed by atoms with Gasteiger partial charge < -0.3 is 15.8 Å². The van der Waals surface area contributed by atoms with Crippen LogP contribution in [-0.2, 0) is 9.53 Å². The van der Waals surface area contributed by atoms with Gasteiger partial charge in [0.1, 0.15) is 6.10 Å². The minimum absolute atomic E-state index is 0.0270. The van der Waals surface area contributed by atoms with Crippen LogP contribution < -0.4 is 11.1 Å². The van der Waals surface area contributed by atoms with E-state index in [1.54, 1.807) is 0 Å². The molecule has 4 atom stereocenters. The number of nitrogens with two attached hydrogens (primary N) is 1. The van der Waals surface area contributed by atoms with Gasteiger partial charge in [-0.25, -0.2) is 0 Å². The minimum Gasteiger partial charge on any atom is -0.364 e. The molecular formula is C14H28N2O2. The molecule has 1 aliphatic carbocycles. The molecule has 18 heavy (non-hydrogen) atoms. The van der Waals surface area contributed by atoms with Crippen LogP contribution in [0.15, 0.2) is 0 Å². The number of nitrogens with one attached hydrogen (secondary N) is 1. The van der Waals surface area contributed by atoms with Crippen molar-refractivity contribution in [3.05, 3.63) is 0 Å². The second kappa shape index (κ2) is 7.74. The van der Waals surface area contributed by atoms with Crippen molar-refractivity contribution in [1.82, 2.24) is 5.32 Å². The zero-order valence-electron chi connectivity index (χ0n) is 11.9. The van der Waals surface area contributed by atoms with Gasteiger partial charge in [0.2, 0.25) is 5.91 Å². The van der Waals surface area contributed by atoms with E-state index in [2.05, 4.69) is 12.2 Å². The molecular weight excluding hydrogens is 228 g/mol. The van der Waals surface area contributed by atoms with Gasteiger partial charge in [0, 0.05) is 12.1 Å². The van der Waals surface area contributed by atoms with Gasteiger partial charge in [-0.05, 0) is 33.1 Å². The first-order valence-electron chi connectivity index (χ1n) is 7.26. The number of hydrogen-bond acceptors (Lipinski definition) is 3. The summed E-state index contributed by atoms with van der Waals surface area (Å²) in [5.74, 6) is -0.0270.